The molecule has 0 amide bonds. The van der Waals surface area contributed by atoms with Crippen molar-refractivity contribution in [3.8, 4) is 0 Å². The fourth-order valence-corrected chi connectivity index (χ4v) is 2.31. The van der Waals surface area contributed by atoms with Crippen LogP contribution in [-0.4, -0.2) is 35.5 Å². The van der Waals surface area contributed by atoms with E-state index < -0.39 is 12.2 Å². The predicted molar refractivity (Wildman–Crippen MR) is 103 cm³/mol. The van der Waals surface area contributed by atoms with Crippen LogP contribution in [0.25, 0.3) is 0 Å². The smallest absolute Gasteiger partial charge is 0.305 e. The number of carbonyl (C=O) groups excluding carboxylic acids is 1. The lowest BCUT2D eigenvalue weighted by molar-refractivity contribution is -0.140. The summed E-state index contributed by atoms with van der Waals surface area (Å²) in [5.74, 6) is -0.154. The molecule has 25 heavy (non-hydrogen) atoms. The van der Waals surface area contributed by atoms with Crippen molar-refractivity contribution in [3.05, 3.63) is 36.5 Å². The molecule has 0 fully saturated rings. The van der Waals surface area contributed by atoms with Gasteiger partial charge >= 0.3 is 5.97 Å². The lowest BCUT2D eigenvalue weighted by Crippen LogP contribution is -2.25. The number of carbonyl (C=O) groups is 1. The molecular weight excluding hydrogens is 316 g/mol. The van der Waals surface area contributed by atoms with Crippen molar-refractivity contribution in [2.75, 3.05) is 7.11 Å². The second-order valence-electron chi connectivity index (χ2n) is 6.22. The average molecular weight is 353 g/mol. The van der Waals surface area contributed by atoms with Crippen molar-refractivity contribution in [3.63, 3.8) is 0 Å². The molecule has 0 aromatic rings. The number of hydrogen-bond donors (Lipinski definition) is 2. The largest absolute Gasteiger partial charge is 0.469 e. The molecule has 0 heterocycles. The molecule has 2 atom stereocenters. The minimum absolute atomic E-state index is 0.154. The third kappa shape index (κ3) is 15.9. The van der Waals surface area contributed by atoms with Crippen LogP contribution in [0.15, 0.2) is 36.5 Å². The van der Waals surface area contributed by atoms with Crippen molar-refractivity contribution < 1.29 is 19.7 Å². The summed E-state index contributed by atoms with van der Waals surface area (Å²) in [6.07, 6.45) is 19.3. The molecule has 0 bridgehead atoms. The Bertz CT molecular complexity index is 399. The Balaban J connectivity index is 3.63. The van der Waals surface area contributed by atoms with E-state index in [0.717, 1.165) is 44.9 Å². The van der Waals surface area contributed by atoms with Gasteiger partial charge in [0.15, 0.2) is 0 Å². The Morgan fingerprint density at radius 2 is 1.56 bits per heavy atom. The van der Waals surface area contributed by atoms with Gasteiger partial charge in [0.25, 0.3) is 0 Å². The summed E-state index contributed by atoms with van der Waals surface area (Å²) in [7, 11) is 1.41. The molecule has 0 aliphatic heterocycles. The topological polar surface area (TPSA) is 66.8 Å². The van der Waals surface area contributed by atoms with Gasteiger partial charge in [-0.2, -0.15) is 0 Å². The van der Waals surface area contributed by atoms with E-state index in [1.807, 2.05) is 12.2 Å². The molecule has 4 nitrogen and oxygen atoms in total. The van der Waals surface area contributed by atoms with Gasteiger partial charge in [-0.05, 0) is 38.5 Å². The Hall–Kier alpha value is -1.39. The van der Waals surface area contributed by atoms with E-state index in [0.29, 0.717) is 19.3 Å². The normalized spacial score (nSPS) is 14.6. The zero-order valence-electron chi connectivity index (χ0n) is 15.9. The monoisotopic (exact) mass is 352 g/mol. The molecule has 144 valence electrons. The third-order valence-electron chi connectivity index (χ3n) is 3.95. The van der Waals surface area contributed by atoms with Gasteiger partial charge in [-0.3, -0.25) is 4.79 Å². The van der Waals surface area contributed by atoms with E-state index in [1.165, 1.54) is 7.11 Å². The van der Waals surface area contributed by atoms with E-state index in [9.17, 15) is 15.0 Å². The summed E-state index contributed by atoms with van der Waals surface area (Å²) < 4.78 is 4.58. The first-order chi connectivity index (χ1) is 12.1. The number of rotatable bonds is 15. The summed E-state index contributed by atoms with van der Waals surface area (Å²) in [4.78, 5) is 10.9. The molecule has 0 aromatic carbocycles. The lowest BCUT2D eigenvalue weighted by atomic mass is 10.0. The van der Waals surface area contributed by atoms with Crippen LogP contribution >= 0.6 is 0 Å². The standard InChI is InChI=1S/C21H36O4/c1-3-4-13-16-19(22)20(23)17-14-11-9-7-5-6-8-10-12-15-18-21(24)25-2/h5,7-8,10-11,14,19-20,22-23H,3-4,6,9,12-13,15-18H2,1-2H3/b7-5?,10-8-,14-11?. The highest BCUT2D eigenvalue weighted by atomic mass is 16.5. The summed E-state index contributed by atoms with van der Waals surface area (Å²) in [6, 6.07) is 0. The van der Waals surface area contributed by atoms with Gasteiger partial charge in [-0.25, -0.2) is 0 Å². The maximum Gasteiger partial charge on any atom is 0.305 e. The Morgan fingerprint density at radius 3 is 2.20 bits per heavy atom. The van der Waals surface area contributed by atoms with Gasteiger partial charge in [0.1, 0.15) is 0 Å². The molecule has 0 saturated carbocycles. The van der Waals surface area contributed by atoms with Crippen molar-refractivity contribution in [1.29, 1.82) is 0 Å². The first kappa shape index (κ1) is 23.6. The van der Waals surface area contributed by atoms with Crippen molar-refractivity contribution in [2.24, 2.45) is 0 Å². The minimum atomic E-state index is -0.662. The molecule has 0 saturated heterocycles. The van der Waals surface area contributed by atoms with E-state index in [2.05, 4.69) is 36.0 Å². The predicted octanol–water partition coefficient (Wildman–Crippen LogP) is 4.47. The zero-order chi connectivity index (χ0) is 18.8. The maximum absolute atomic E-state index is 10.9. The van der Waals surface area contributed by atoms with Crippen LogP contribution in [0.1, 0.15) is 71.1 Å². The number of unbranched alkanes of at least 4 members (excludes halogenated alkanes) is 3. The van der Waals surface area contributed by atoms with Gasteiger partial charge in [0.2, 0.25) is 0 Å². The van der Waals surface area contributed by atoms with Gasteiger partial charge in [-0.15, -0.1) is 0 Å². The molecule has 2 unspecified atom stereocenters. The van der Waals surface area contributed by atoms with Gasteiger partial charge in [0.05, 0.1) is 19.3 Å². The number of ether oxygens (including phenoxy) is 1. The van der Waals surface area contributed by atoms with Crippen LogP contribution in [0.4, 0.5) is 0 Å². The van der Waals surface area contributed by atoms with Gasteiger partial charge < -0.3 is 14.9 Å². The van der Waals surface area contributed by atoms with E-state index in [-0.39, 0.29) is 5.97 Å². The van der Waals surface area contributed by atoms with E-state index in [4.69, 9.17) is 0 Å². The lowest BCUT2D eigenvalue weighted by Gasteiger charge is -2.15. The van der Waals surface area contributed by atoms with Crippen molar-refractivity contribution in [2.45, 2.75) is 83.3 Å². The average Bonchev–Trinajstić information content (AvgIpc) is 2.62. The number of hydrogen-bond acceptors (Lipinski definition) is 4. The second-order valence-corrected chi connectivity index (χ2v) is 6.22. The SMILES string of the molecule is CCCCCC(O)C(O)CC=CCC=CC/C=C\CCCC(=O)OC. The highest BCUT2D eigenvalue weighted by molar-refractivity contribution is 5.69. The molecule has 0 aliphatic carbocycles. The molecule has 2 N–H and O–H groups in total. The quantitative estimate of drug-likeness (QED) is 0.259. The minimum Gasteiger partial charge on any atom is -0.469 e. The van der Waals surface area contributed by atoms with Crippen molar-refractivity contribution >= 4 is 5.97 Å². The van der Waals surface area contributed by atoms with Crippen molar-refractivity contribution in [1.82, 2.24) is 0 Å². The first-order valence-electron chi connectivity index (χ1n) is 9.49. The van der Waals surface area contributed by atoms with Gasteiger partial charge in [0, 0.05) is 6.42 Å². The Morgan fingerprint density at radius 1 is 0.920 bits per heavy atom. The number of allylic oxidation sites excluding steroid dienone is 5. The summed E-state index contributed by atoms with van der Waals surface area (Å²) >= 11 is 0. The van der Waals surface area contributed by atoms with E-state index >= 15 is 0 Å². The van der Waals surface area contributed by atoms with Crippen LogP contribution in [0.2, 0.25) is 0 Å². The second kappa shape index (κ2) is 17.4. The van der Waals surface area contributed by atoms with Crippen LogP contribution in [0.5, 0.6) is 0 Å². The Labute approximate surface area is 153 Å². The van der Waals surface area contributed by atoms with Crippen LogP contribution < -0.4 is 0 Å². The maximum atomic E-state index is 10.9. The molecule has 0 rings (SSSR count). The first-order valence-corrected chi connectivity index (χ1v) is 9.49. The molecular formula is C21H36O4. The molecule has 0 aromatic heterocycles. The van der Waals surface area contributed by atoms with E-state index in [1.54, 1.807) is 0 Å². The molecule has 4 heteroatoms. The fraction of sp³-hybridized carbons (Fsp3) is 0.667. The summed E-state index contributed by atoms with van der Waals surface area (Å²) in [6.45, 7) is 2.13. The molecule has 0 radical (unpaired) electrons. The molecule has 0 spiro atoms. The summed E-state index contributed by atoms with van der Waals surface area (Å²) in [5.41, 5.74) is 0. The fourth-order valence-electron chi connectivity index (χ4n) is 2.31. The van der Waals surface area contributed by atoms with Crippen LogP contribution in [0.3, 0.4) is 0 Å². The van der Waals surface area contributed by atoms with Gasteiger partial charge in [-0.1, -0.05) is 62.6 Å². The number of aliphatic hydroxyl groups is 2. The Kier molecular flexibility index (Phi) is 16.5. The number of aliphatic hydroxyl groups excluding tert-OH is 2. The third-order valence-corrected chi connectivity index (χ3v) is 3.95. The zero-order valence-corrected chi connectivity index (χ0v) is 15.9. The van der Waals surface area contributed by atoms with Crippen LogP contribution in [0, 0.1) is 0 Å². The van der Waals surface area contributed by atoms with Crippen LogP contribution in [-0.2, 0) is 9.53 Å². The number of methoxy groups -OCH3 is 1. The number of esters is 1. The highest BCUT2D eigenvalue weighted by Crippen LogP contribution is 2.10. The summed E-state index contributed by atoms with van der Waals surface area (Å²) in [5, 5.41) is 19.7. The highest BCUT2D eigenvalue weighted by Gasteiger charge is 2.13. The molecule has 0 aliphatic rings.